The maximum atomic E-state index is 13.2. The van der Waals surface area contributed by atoms with E-state index in [4.69, 9.17) is 32.8 Å². The van der Waals surface area contributed by atoms with Crippen LogP contribution in [0, 0.1) is 0 Å². The van der Waals surface area contributed by atoms with Gasteiger partial charge in [-0.15, -0.1) is 0 Å². The van der Waals surface area contributed by atoms with E-state index in [0.717, 1.165) is 12.3 Å². The van der Waals surface area contributed by atoms with Crippen molar-refractivity contribution in [2.24, 2.45) is 0 Å². The minimum atomic E-state index is -1.84. The normalized spacial score (nSPS) is 38.3. The van der Waals surface area contributed by atoms with E-state index in [1.165, 1.54) is 37.3 Å². The van der Waals surface area contributed by atoms with Gasteiger partial charge >= 0.3 is 0 Å². The fourth-order valence-electron chi connectivity index (χ4n) is 6.26. The van der Waals surface area contributed by atoms with Crippen LogP contribution in [0.15, 0.2) is 51.9 Å². The van der Waals surface area contributed by atoms with Gasteiger partial charge in [-0.2, -0.15) is 0 Å². The lowest BCUT2D eigenvalue weighted by Gasteiger charge is -2.46. The molecule has 1 aromatic heterocycles. The van der Waals surface area contributed by atoms with E-state index in [1.54, 1.807) is 0 Å². The van der Waals surface area contributed by atoms with Gasteiger partial charge in [0.15, 0.2) is 12.6 Å². The summed E-state index contributed by atoms with van der Waals surface area (Å²) in [4.78, 5) is 13.2. The van der Waals surface area contributed by atoms with Gasteiger partial charge in [0.05, 0.1) is 24.9 Å². The number of fused-ring (bicyclic) bond motifs is 1. The van der Waals surface area contributed by atoms with E-state index < -0.39 is 117 Å². The first-order chi connectivity index (χ1) is 24.7. The lowest BCUT2D eigenvalue weighted by Crippen LogP contribution is -2.64. The zero-order valence-electron chi connectivity index (χ0n) is 27.3. The van der Waals surface area contributed by atoms with Crippen molar-refractivity contribution in [3.63, 3.8) is 0 Å². The third-order valence-corrected chi connectivity index (χ3v) is 9.27. The van der Waals surface area contributed by atoms with Gasteiger partial charge in [0, 0.05) is 12.1 Å². The molecule has 2 aromatic carbocycles. The first kappa shape index (κ1) is 38.2. The van der Waals surface area contributed by atoms with E-state index in [1.807, 2.05) is 0 Å². The molecule has 0 bridgehead atoms. The van der Waals surface area contributed by atoms with E-state index in [-0.39, 0.29) is 28.0 Å². The van der Waals surface area contributed by atoms with Gasteiger partial charge < -0.3 is 89.0 Å². The van der Waals surface area contributed by atoms with E-state index >= 15 is 0 Å². The molecule has 11 N–H and O–H groups in total. The summed E-state index contributed by atoms with van der Waals surface area (Å²) in [7, 11) is 0. The molecule has 6 rings (SSSR count). The molecule has 4 heterocycles. The molecule has 15 atom stereocenters. The summed E-state index contributed by atoms with van der Waals surface area (Å²) in [5.74, 6) is -0.717. The van der Waals surface area contributed by atoms with Crippen LogP contribution in [0.2, 0.25) is 0 Å². The monoisotopic (exact) mass is 740 g/mol. The van der Waals surface area contributed by atoms with Crippen molar-refractivity contribution in [2.45, 2.75) is 99.0 Å². The summed E-state index contributed by atoms with van der Waals surface area (Å²) in [6, 6.07) is 8.03. The first-order valence-electron chi connectivity index (χ1n) is 16.2. The third kappa shape index (κ3) is 7.34. The Labute approximate surface area is 293 Å². The van der Waals surface area contributed by atoms with Crippen molar-refractivity contribution >= 4 is 11.0 Å². The smallest absolute Gasteiger partial charge is 0.229 e. The van der Waals surface area contributed by atoms with Crippen LogP contribution in [0.25, 0.3) is 22.1 Å². The molecule has 3 fully saturated rings. The molecule has 3 aromatic rings. The number of aliphatic hydroxyl groups is 9. The molecule has 0 aliphatic carbocycles. The van der Waals surface area contributed by atoms with Crippen molar-refractivity contribution in [1.82, 2.24) is 0 Å². The number of aliphatic hydroxyl groups excluding tert-OH is 9. The van der Waals surface area contributed by atoms with Crippen molar-refractivity contribution in [2.75, 3.05) is 13.2 Å². The lowest BCUT2D eigenvalue weighted by atomic mass is 9.97. The van der Waals surface area contributed by atoms with Crippen LogP contribution in [-0.2, 0) is 23.7 Å². The fraction of sp³-hybridized carbons (Fsp3) is 0.545. The molecule has 0 unspecified atom stereocenters. The molecule has 19 heteroatoms. The predicted molar refractivity (Wildman–Crippen MR) is 169 cm³/mol. The summed E-state index contributed by atoms with van der Waals surface area (Å²) in [6.45, 7) is 0.106. The predicted octanol–water partition coefficient (Wildman–Crippen LogP) is -3.27. The van der Waals surface area contributed by atoms with Crippen molar-refractivity contribution in [1.29, 1.82) is 0 Å². The standard InChI is InChI=1S/C33H40O19/c1-11-30(52-33-28(44)24(40)22(38)18(8-34)50-33)26(42)29(45)31(48-11)47-10-19-23(39)25(41)27(43)32(51-19)49-14-6-16(36)20-17(7-14)46-9-15(21(20)37)12-2-4-13(35)5-3-12/h2-7,9,11,18-19,22-36,38-45H,8,10H2,1H3/t11-,18-,19-,22-,23-,24+,25+,26-,27-,28-,29-,30-,31+,32-,33-/m1/s1. The largest absolute Gasteiger partial charge is 0.508 e. The summed E-state index contributed by atoms with van der Waals surface area (Å²) in [5, 5.41) is 113. The molecular weight excluding hydrogens is 700 g/mol. The average molecular weight is 741 g/mol. The highest BCUT2D eigenvalue weighted by Gasteiger charge is 2.51. The molecular formula is C33H40O19. The summed E-state index contributed by atoms with van der Waals surface area (Å²) in [5.41, 5.74) is -0.158. The average Bonchev–Trinajstić information content (AvgIpc) is 3.12. The van der Waals surface area contributed by atoms with Gasteiger partial charge in [-0.3, -0.25) is 4.79 Å². The number of rotatable bonds is 9. The second kappa shape index (κ2) is 15.5. The minimum absolute atomic E-state index is 0.0123. The Morgan fingerprint density at radius 3 is 2.00 bits per heavy atom. The van der Waals surface area contributed by atoms with Crippen LogP contribution in [0.1, 0.15) is 6.92 Å². The van der Waals surface area contributed by atoms with E-state index in [0.29, 0.717) is 5.56 Å². The van der Waals surface area contributed by atoms with Gasteiger partial charge in [0.2, 0.25) is 11.7 Å². The Hall–Kier alpha value is -3.51. The summed E-state index contributed by atoms with van der Waals surface area (Å²) >= 11 is 0. The molecule has 0 saturated carbocycles. The van der Waals surface area contributed by atoms with Crippen LogP contribution in [0.4, 0.5) is 0 Å². The Bertz CT molecular complexity index is 1730. The van der Waals surface area contributed by atoms with Gasteiger partial charge in [-0.05, 0) is 24.6 Å². The molecule has 0 spiro atoms. The summed E-state index contributed by atoms with van der Waals surface area (Å²) < 4.78 is 39.0. The van der Waals surface area contributed by atoms with Crippen molar-refractivity contribution in [3.05, 3.63) is 52.9 Å². The number of ether oxygens (including phenoxy) is 6. The number of hydrogen-bond donors (Lipinski definition) is 11. The highest BCUT2D eigenvalue weighted by Crippen LogP contribution is 2.34. The van der Waals surface area contributed by atoms with E-state index in [9.17, 15) is 61.0 Å². The van der Waals surface area contributed by atoms with Crippen molar-refractivity contribution in [3.8, 4) is 28.4 Å². The number of hydrogen-bond acceptors (Lipinski definition) is 19. The third-order valence-electron chi connectivity index (χ3n) is 9.27. The quantitative estimate of drug-likeness (QED) is 0.102. The van der Waals surface area contributed by atoms with Gasteiger partial charge in [0.1, 0.15) is 102 Å². The fourth-order valence-corrected chi connectivity index (χ4v) is 6.26. The topological polar surface area (TPSA) is 308 Å². The maximum Gasteiger partial charge on any atom is 0.229 e. The Kier molecular flexibility index (Phi) is 11.4. The zero-order valence-corrected chi connectivity index (χ0v) is 27.3. The second-order valence-electron chi connectivity index (χ2n) is 12.8. The number of phenols is 2. The molecule has 286 valence electrons. The van der Waals surface area contributed by atoms with Crippen LogP contribution < -0.4 is 10.2 Å². The highest BCUT2D eigenvalue weighted by atomic mass is 16.7. The Morgan fingerprint density at radius 1 is 0.712 bits per heavy atom. The number of phenolic OH excluding ortho intramolecular Hbond substituents is 2. The molecule has 0 radical (unpaired) electrons. The second-order valence-corrected chi connectivity index (χ2v) is 12.8. The SMILES string of the molecule is C[C@H]1O[C@H](OC[C@H]2O[C@@H](Oc3cc(O)c4c(=O)c(-c5ccc(O)cc5)coc4c3)[C@H](O)[C@@H](O)[C@@H]2O)[C@H](O)[C@@H](O)[C@@H]1O[C@H]1O[C@H](CO)[C@@H](O)[C@H](O)[C@H]1O. The molecule has 3 aliphatic rings. The summed E-state index contributed by atoms with van der Waals surface area (Å²) in [6.07, 6.45) is -23.0. The first-order valence-corrected chi connectivity index (χ1v) is 16.2. The van der Waals surface area contributed by atoms with Crippen molar-refractivity contribution < 1.29 is 89.0 Å². The maximum absolute atomic E-state index is 13.2. The Morgan fingerprint density at radius 2 is 1.33 bits per heavy atom. The number of aromatic hydroxyl groups is 2. The minimum Gasteiger partial charge on any atom is -0.508 e. The molecule has 52 heavy (non-hydrogen) atoms. The van der Waals surface area contributed by atoms with Crippen LogP contribution >= 0.6 is 0 Å². The molecule has 0 amide bonds. The highest BCUT2D eigenvalue weighted by molar-refractivity contribution is 5.88. The van der Waals surface area contributed by atoms with Gasteiger partial charge in [-0.25, -0.2) is 0 Å². The molecule has 19 nitrogen and oxygen atoms in total. The van der Waals surface area contributed by atoms with Gasteiger partial charge in [0.25, 0.3) is 0 Å². The van der Waals surface area contributed by atoms with E-state index in [2.05, 4.69) is 0 Å². The zero-order chi connectivity index (χ0) is 37.6. The van der Waals surface area contributed by atoms with Crippen LogP contribution in [0.3, 0.4) is 0 Å². The molecule has 3 saturated heterocycles. The van der Waals surface area contributed by atoms with Gasteiger partial charge in [-0.1, -0.05) is 12.1 Å². The van der Waals surface area contributed by atoms with Crippen LogP contribution in [-0.4, -0.2) is 162 Å². The Balaban J connectivity index is 1.11. The number of benzene rings is 2. The molecule has 3 aliphatic heterocycles. The van der Waals surface area contributed by atoms with Crippen LogP contribution in [0.5, 0.6) is 17.2 Å². The lowest BCUT2D eigenvalue weighted by molar-refractivity contribution is -0.359.